The fourth-order valence-electron chi connectivity index (χ4n) is 2.73. The number of allylic oxidation sites excluding steroid dienone is 2. The zero-order chi connectivity index (χ0) is 16.3. The van der Waals surface area contributed by atoms with Crippen LogP contribution in [0.3, 0.4) is 0 Å². The predicted molar refractivity (Wildman–Crippen MR) is 85.4 cm³/mol. The maximum absolute atomic E-state index is 12.1. The summed E-state index contributed by atoms with van der Waals surface area (Å²) in [7, 11) is 0. The molecule has 2 rings (SSSR count). The van der Waals surface area contributed by atoms with Gasteiger partial charge >= 0.3 is 0 Å². The predicted octanol–water partition coefficient (Wildman–Crippen LogP) is -2.66. The number of nitrogens with two attached hydrogens (primary N) is 2. The molecule has 0 spiro atoms. The monoisotopic (exact) mass is 355 g/mol. The molecule has 0 heterocycles. The van der Waals surface area contributed by atoms with E-state index in [0.29, 0.717) is 28.3 Å². The molecule has 0 radical (unpaired) electrons. The smallest absolute Gasteiger partial charge is 0.229 e. The van der Waals surface area contributed by atoms with Crippen LogP contribution in [-0.2, 0) is 4.79 Å². The van der Waals surface area contributed by atoms with E-state index in [1.54, 1.807) is 31.2 Å². The molecule has 23 heavy (non-hydrogen) atoms. The van der Waals surface area contributed by atoms with Gasteiger partial charge in [0.1, 0.15) is 5.54 Å². The van der Waals surface area contributed by atoms with Crippen molar-refractivity contribution in [3.8, 4) is 0 Å². The van der Waals surface area contributed by atoms with Gasteiger partial charge in [0.05, 0.1) is 5.92 Å². The van der Waals surface area contributed by atoms with Gasteiger partial charge in [-0.25, -0.2) is 0 Å². The highest BCUT2D eigenvalue weighted by atomic mass is 35.5. The van der Waals surface area contributed by atoms with Crippen LogP contribution in [0.5, 0.6) is 0 Å². The minimum atomic E-state index is -1.10. The fraction of sp³-hybridized carbons (Fsp3) is 0.250. The Balaban J connectivity index is 0.00000264. The van der Waals surface area contributed by atoms with Gasteiger partial charge in [-0.3, -0.25) is 10.0 Å². The fourth-order valence-corrected chi connectivity index (χ4v) is 3.10. The number of halogens is 2. The Morgan fingerprint density at radius 1 is 1.39 bits per heavy atom. The number of carbonyl (C=O) groups is 1. The van der Waals surface area contributed by atoms with Gasteiger partial charge in [0.15, 0.2) is 0 Å². The number of rotatable bonds is 4. The second kappa shape index (κ2) is 7.64. The maximum Gasteiger partial charge on any atom is 0.229 e. The van der Waals surface area contributed by atoms with Crippen LogP contribution < -0.4 is 29.0 Å². The van der Waals surface area contributed by atoms with E-state index in [-0.39, 0.29) is 12.4 Å². The lowest BCUT2D eigenvalue weighted by atomic mass is 9.72. The summed E-state index contributed by atoms with van der Waals surface area (Å²) in [6, 6.07) is 9.08. The summed E-state index contributed by atoms with van der Waals surface area (Å²) in [5.74, 6) is -1.32. The molecule has 1 aliphatic carbocycles. The lowest BCUT2D eigenvalue weighted by Gasteiger charge is -2.34. The first-order valence-corrected chi connectivity index (χ1v) is 7.23. The maximum atomic E-state index is 12.1. The third kappa shape index (κ3) is 3.58. The first-order chi connectivity index (χ1) is 10.4. The first-order valence-electron chi connectivity index (χ1n) is 6.85. The lowest BCUT2D eigenvalue weighted by molar-refractivity contribution is -0.739. The van der Waals surface area contributed by atoms with Crippen LogP contribution in [0.2, 0.25) is 0 Å². The lowest BCUT2D eigenvalue weighted by Crippen LogP contribution is -3.00. The Morgan fingerprint density at radius 2 is 2.00 bits per heavy atom. The average Bonchev–Trinajstić information content (AvgIpc) is 2.50. The Morgan fingerprint density at radius 3 is 2.52 bits per heavy atom. The average molecular weight is 356 g/mol. The van der Waals surface area contributed by atoms with Gasteiger partial charge in [0, 0.05) is 12.0 Å². The van der Waals surface area contributed by atoms with Crippen molar-refractivity contribution < 1.29 is 27.6 Å². The number of carbonyl (C=O) groups excluding carboxylic acids is 1. The molecule has 6 N–H and O–H groups in total. The summed E-state index contributed by atoms with van der Waals surface area (Å²) in [5, 5.41) is 11.7. The Kier molecular flexibility index (Phi) is 6.38. The highest BCUT2D eigenvalue weighted by molar-refractivity contribution is 6.32. The minimum absolute atomic E-state index is 0. The second-order valence-corrected chi connectivity index (χ2v) is 5.73. The second-order valence-electron chi connectivity index (χ2n) is 5.32. The molecule has 124 valence electrons. The molecule has 5 nitrogen and oxygen atoms in total. The summed E-state index contributed by atoms with van der Waals surface area (Å²) in [6.07, 6.45) is 3.90. The zero-order valence-corrected chi connectivity index (χ0v) is 14.1. The van der Waals surface area contributed by atoms with E-state index in [2.05, 4.69) is 5.16 Å². The van der Waals surface area contributed by atoms with Crippen molar-refractivity contribution in [1.82, 2.24) is 0 Å². The quantitative estimate of drug-likeness (QED) is 0.269. The van der Waals surface area contributed by atoms with E-state index >= 15 is 0 Å². The molecule has 2 unspecified atom stereocenters. The molecule has 0 fully saturated rings. The Bertz CT molecular complexity index is 671. The third-order valence-corrected chi connectivity index (χ3v) is 4.31. The topological polar surface area (TPSA) is 103 Å². The molecule has 1 aliphatic rings. The number of benzene rings is 1. The summed E-state index contributed by atoms with van der Waals surface area (Å²) < 4.78 is 0. The molecule has 1 aromatic rings. The number of nitrogens with one attached hydrogen (secondary N) is 1. The molecule has 0 bridgehead atoms. The number of amides is 1. The van der Waals surface area contributed by atoms with Crippen LogP contribution in [0.25, 0.3) is 0 Å². The standard InChI is InChI=1S/C16H18ClN3O2.ClH/c1-10(20-22)16(19)9-5-8-12(17)14(16)13(15(18)21)11-6-3-2-4-7-11;/h2-8,13,22H,9,19H2,1H3,(H2,18,21);1H/b20-10-;. The summed E-state index contributed by atoms with van der Waals surface area (Å²) >= 11 is 6.34. The first kappa shape index (κ1) is 19.2. The van der Waals surface area contributed by atoms with Crippen LogP contribution in [-0.4, -0.2) is 22.4 Å². The van der Waals surface area contributed by atoms with Crippen molar-refractivity contribution >= 4 is 23.2 Å². The number of hydrogen-bond acceptors (Lipinski definition) is 3. The molecule has 0 saturated carbocycles. The Labute approximate surface area is 146 Å². The van der Waals surface area contributed by atoms with Crippen molar-refractivity contribution in [2.75, 3.05) is 0 Å². The van der Waals surface area contributed by atoms with E-state index in [9.17, 15) is 10.0 Å². The molecule has 1 amide bonds. The van der Waals surface area contributed by atoms with E-state index in [1.165, 1.54) is 0 Å². The molecular formula is C16H19Cl2N3O2. The number of primary amides is 1. The van der Waals surface area contributed by atoms with Crippen molar-refractivity contribution in [3.63, 3.8) is 0 Å². The van der Waals surface area contributed by atoms with Crippen LogP contribution in [0, 0.1) is 0 Å². The Hall–Kier alpha value is -1.82. The third-order valence-electron chi connectivity index (χ3n) is 3.98. The summed E-state index contributed by atoms with van der Waals surface area (Å²) in [5.41, 5.74) is 12.6. The van der Waals surface area contributed by atoms with Crippen LogP contribution in [0.4, 0.5) is 0 Å². The molecule has 0 aliphatic heterocycles. The largest absolute Gasteiger partial charge is 1.00 e. The summed E-state index contributed by atoms with van der Waals surface area (Å²) in [4.78, 5) is 12.1. The van der Waals surface area contributed by atoms with Crippen LogP contribution in [0.15, 0.2) is 53.1 Å². The van der Waals surface area contributed by atoms with E-state index in [1.807, 2.05) is 18.2 Å². The highest BCUT2D eigenvalue weighted by Gasteiger charge is 2.45. The SMILES string of the molecule is C/C(=[NH+]/O)C1(N)CC=CC(Cl)=C1C(C(N)=O)c1ccccc1.[Cl-]. The molecule has 0 aromatic heterocycles. The van der Waals surface area contributed by atoms with Crippen molar-refractivity contribution in [3.05, 3.63) is 58.7 Å². The molecule has 1 aromatic carbocycles. The van der Waals surface area contributed by atoms with Gasteiger partial charge < -0.3 is 23.9 Å². The van der Waals surface area contributed by atoms with Gasteiger partial charge in [0.2, 0.25) is 11.6 Å². The molecule has 7 heteroatoms. The zero-order valence-electron chi connectivity index (χ0n) is 12.6. The van der Waals surface area contributed by atoms with Gasteiger partial charge in [-0.1, -0.05) is 48.0 Å². The summed E-state index contributed by atoms with van der Waals surface area (Å²) in [6.45, 7) is 1.65. The van der Waals surface area contributed by atoms with E-state index in [0.717, 1.165) is 0 Å². The van der Waals surface area contributed by atoms with Crippen LogP contribution >= 0.6 is 11.6 Å². The van der Waals surface area contributed by atoms with Crippen molar-refractivity contribution in [2.24, 2.45) is 11.5 Å². The van der Waals surface area contributed by atoms with Crippen molar-refractivity contribution in [2.45, 2.75) is 24.8 Å². The highest BCUT2D eigenvalue weighted by Crippen LogP contribution is 2.39. The van der Waals surface area contributed by atoms with Gasteiger partial charge in [-0.15, -0.1) is 0 Å². The molecular weight excluding hydrogens is 337 g/mol. The number of hydrogen-bond donors (Lipinski definition) is 4. The van der Waals surface area contributed by atoms with Crippen LogP contribution in [0.1, 0.15) is 24.8 Å². The van der Waals surface area contributed by atoms with Gasteiger partial charge in [-0.2, -0.15) is 0 Å². The van der Waals surface area contributed by atoms with E-state index < -0.39 is 17.4 Å². The van der Waals surface area contributed by atoms with Gasteiger partial charge in [-0.05, 0) is 28.8 Å². The van der Waals surface area contributed by atoms with E-state index in [4.69, 9.17) is 23.1 Å². The minimum Gasteiger partial charge on any atom is -1.00 e. The normalized spacial score (nSPS) is 22.5. The molecule has 2 atom stereocenters. The van der Waals surface area contributed by atoms with Crippen molar-refractivity contribution in [1.29, 1.82) is 0 Å². The molecule has 0 saturated heterocycles. The van der Waals surface area contributed by atoms with Gasteiger partial charge in [0.25, 0.3) is 0 Å².